The Kier molecular flexibility index (Phi) is 4.00. The van der Waals surface area contributed by atoms with Crippen LogP contribution in [0.1, 0.15) is 11.7 Å². The van der Waals surface area contributed by atoms with E-state index < -0.39 is 24.6 Å². The lowest BCUT2D eigenvalue weighted by Crippen LogP contribution is -2.22. The number of aliphatic hydroxyl groups is 3. The van der Waals surface area contributed by atoms with Crippen LogP contribution in [0.2, 0.25) is 0 Å². The normalized spacial score (nSPS) is 15.2. The van der Waals surface area contributed by atoms with Crippen LogP contribution in [-0.2, 0) is 0 Å². The Labute approximate surface area is 88.9 Å². The van der Waals surface area contributed by atoms with Gasteiger partial charge in [-0.2, -0.15) is 0 Å². The van der Waals surface area contributed by atoms with Gasteiger partial charge < -0.3 is 15.3 Å². The summed E-state index contributed by atoms with van der Waals surface area (Å²) in [4.78, 5) is 0. The van der Waals surface area contributed by atoms with E-state index in [2.05, 4.69) is 15.9 Å². The van der Waals surface area contributed by atoms with Gasteiger partial charge in [0.25, 0.3) is 0 Å². The van der Waals surface area contributed by atoms with Gasteiger partial charge in [0.05, 0.1) is 11.1 Å². The third kappa shape index (κ3) is 2.30. The van der Waals surface area contributed by atoms with Gasteiger partial charge in [-0.15, -0.1) is 0 Å². The first-order valence-electron chi connectivity index (χ1n) is 3.98. The molecule has 2 atom stereocenters. The molecule has 0 aliphatic heterocycles. The average Bonchev–Trinajstić information content (AvgIpc) is 2.20. The molecule has 2 unspecified atom stereocenters. The Morgan fingerprint density at radius 2 is 2.00 bits per heavy atom. The predicted molar refractivity (Wildman–Crippen MR) is 52.2 cm³/mol. The zero-order chi connectivity index (χ0) is 10.7. The largest absolute Gasteiger partial charge is 0.394 e. The Hall–Kier alpha value is -0.490. The monoisotopic (exact) mass is 264 g/mol. The summed E-state index contributed by atoms with van der Waals surface area (Å²) in [5, 5.41) is 27.2. The van der Waals surface area contributed by atoms with Crippen molar-refractivity contribution in [1.82, 2.24) is 0 Å². The summed E-state index contributed by atoms with van der Waals surface area (Å²) in [6.07, 6.45) is -2.61. The lowest BCUT2D eigenvalue weighted by atomic mass is 10.1. The van der Waals surface area contributed by atoms with Crippen LogP contribution < -0.4 is 0 Å². The first kappa shape index (κ1) is 11.6. The SMILES string of the molecule is OCC(O)C(O)c1cccc(F)c1Br. The molecule has 0 fully saturated rings. The summed E-state index contributed by atoms with van der Waals surface area (Å²) >= 11 is 2.95. The Morgan fingerprint density at radius 3 is 2.57 bits per heavy atom. The van der Waals surface area contributed by atoms with Crippen LogP contribution >= 0.6 is 15.9 Å². The number of rotatable bonds is 3. The summed E-state index contributed by atoms with van der Waals surface area (Å²) in [6.45, 7) is -0.579. The van der Waals surface area contributed by atoms with Crippen LogP contribution in [0, 0.1) is 5.82 Å². The van der Waals surface area contributed by atoms with E-state index in [1.807, 2.05) is 0 Å². The van der Waals surface area contributed by atoms with Crippen molar-refractivity contribution in [2.24, 2.45) is 0 Å². The quantitative estimate of drug-likeness (QED) is 0.763. The molecule has 0 aromatic heterocycles. The van der Waals surface area contributed by atoms with E-state index >= 15 is 0 Å². The van der Waals surface area contributed by atoms with Gasteiger partial charge in [-0.1, -0.05) is 12.1 Å². The van der Waals surface area contributed by atoms with Crippen molar-refractivity contribution in [2.75, 3.05) is 6.61 Å². The smallest absolute Gasteiger partial charge is 0.137 e. The fraction of sp³-hybridized carbons (Fsp3) is 0.333. The van der Waals surface area contributed by atoms with E-state index in [1.54, 1.807) is 0 Å². The highest BCUT2D eigenvalue weighted by molar-refractivity contribution is 9.10. The van der Waals surface area contributed by atoms with Crippen molar-refractivity contribution in [3.8, 4) is 0 Å². The van der Waals surface area contributed by atoms with Gasteiger partial charge in [0.1, 0.15) is 18.0 Å². The standard InChI is InChI=1S/C9H10BrFO3/c10-8-5(2-1-3-6(8)11)9(14)7(13)4-12/h1-3,7,9,12-14H,4H2. The molecule has 0 aliphatic carbocycles. The molecular weight excluding hydrogens is 255 g/mol. The fourth-order valence-electron chi connectivity index (χ4n) is 1.06. The highest BCUT2D eigenvalue weighted by Gasteiger charge is 2.20. The summed E-state index contributed by atoms with van der Waals surface area (Å²) in [6, 6.07) is 4.12. The second-order valence-corrected chi connectivity index (χ2v) is 3.63. The maximum Gasteiger partial charge on any atom is 0.137 e. The Balaban J connectivity index is 3.01. The zero-order valence-electron chi connectivity index (χ0n) is 7.19. The number of hydrogen-bond donors (Lipinski definition) is 3. The van der Waals surface area contributed by atoms with Gasteiger partial charge in [-0.3, -0.25) is 0 Å². The predicted octanol–water partition coefficient (Wildman–Crippen LogP) is 0.975. The van der Waals surface area contributed by atoms with Gasteiger partial charge in [-0.05, 0) is 22.0 Å². The second kappa shape index (κ2) is 4.84. The van der Waals surface area contributed by atoms with Crippen molar-refractivity contribution >= 4 is 15.9 Å². The molecular formula is C9H10BrFO3. The van der Waals surface area contributed by atoms with E-state index in [0.717, 1.165) is 0 Å². The van der Waals surface area contributed by atoms with Crippen molar-refractivity contribution in [3.63, 3.8) is 0 Å². The van der Waals surface area contributed by atoms with Crippen molar-refractivity contribution in [1.29, 1.82) is 0 Å². The topological polar surface area (TPSA) is 60.7 Å². The fourth-order valence-corrected chi connectivity index (χ4v) is 1.55. The van der Waals surface area contributed by atoms with E-state index in [0.29, 0.717) is 0 Å². The lowest BCUT2D eigenvalue weighted by molar-refractivity contribution is -0.0157. The molecule has 5 heteroatoms. The molecule has 3 N–H and O–H groups in total. The molecule has 1 aromatic carbocycles. The molecule has 0 saturated heterocycles. The minimum absolute atomic E-state index is 0.0972. The second-order valence-electron chi connectivity index (χ2n) is 2.84. The molecule has 0 amide bonds. The van der Waals surface area contributed by atoms with E-state index in [-0.39, 0.29) is 10.0 Å². The van der Waals surface area contributed by atoms with Crippen LogP contribution in [0.3, 0.4) is 0 Å². The maximum atomic E-state index is 13.0. The number of aliphatic hydroxyl groups excluding tert-OH is 3. The van der Waals surface area contributed by atoms with Crippen LogP contribution in [-0.4, -0.2) is 28.0 Å². The van der Waals surface area contributed by atoms with Crippen LogP contribution in [0.15, 0.2) is 22.7 Å². The first-order chi connectivity index (χ1) is 6.57. The van der Waals surface area contributed by atoms with Gasteiger partial charge in [0, 0.05) is 5.56 Å². The van der Waals surface area contributed by atoms with Crippen molar-refractivity contribution in [3.05, 3.63) is 34.1 Å². The van der Waals surface area contributed by atoms with Crippen LogP contribution in [0.4, 0.5) is 4.39 Å². The van der Waals surface area contributed by atoms with Crippen LogP contribution in [0.25, 0.3) is 0 Å². The summed E-state index contributed by atoms with van der Waals surface area (Å²) in [5.41, 5.74) is 0.214. The van der Waals surface area contributed by atoms with E-state index in [1.165, 1.54) is 18.2 Å². The number of halogens is 2. The molecule has 0 heterocycles. The van der Waals surface area contributed by atoms with Crippen molar-refractivity contribution < 1.29 is 19.7 Å². The highest BCUT2D eigenvalue weighted by Crippen LogP contribution is 2.27. The van der Waals surface area contributed by atoms with E-state index in [9.17, 15) is 9.50 Å². The molecule has 0 bridgehead atoms. The van der Waals surface area contributed by atoms with E-state index in [4.69, 9.17) is 10.2 Å². The van der Waals surface area contributed by atoms with Gasteiger partial charge in [-0.25, -0.2) is 4.39 Å². The minimum Gasteiger partial charge on any atom is -0.394 e. The van der Waals surface area contributed by atoms with Gasteiger partial charge in [0.15, 0.2) is 0 Å². The van der Waals surface area contributed by atoms with Gasteiger partial charge in [0.2, 0.25) is 0 Å². The number of benzene rings is 1. The zero-order valence-corrected chi connectivity index (χ0v) is 8.78. The summed E-state index contributed by atoms with van der Waals surface area (Å²) in [5.74, 6) is -0.522. The lowest BCUT2D eigenvalue weighted by Gasteiger charge is -2.17. The maximum absolute atomic E-state index is 13.0. The molecule has 3 nitrogen and oxygen atoms in total. The molecule has 1 rings (SSSR count). The van der Waals surface area contributed by atoms with Crippen LogP contribution in [0.5, 0.6) is 0 Å². The molecule has 0 aliphatic rings. The summed E-state index contributed by atoms with van der Waals surface area (Å²) in [7, 11) is 0. The highest BCUT2D eigenvalue weighted by atomic mass is 79.9. The van der Waals surface area contributed by atoms with Gasteiger partial charge >= 0.3 is 0 Å². The molecule has 14 heavy (non-hydrogen) atoms. The molecule has 0 spiro atoms. The third-order valence-corrected chi connectivity index (χ3v) is 2.69. The molecule has 78 valence electrons. The first-order valence-corrected chi connectivity index (χ1v) is 4.78. The Morgan fingerprint density at radius 1 is 1.36 bits per heavy atom. The minimum atomic E-state index is -1.31. The molecule has 0 radical (unpaired) electrons. The summed E-state index contributed by atoms with van der Waals surface area (Å²) < 4.78 is 13.1. The number of hydrogen-bond acceptors (Lipinski definition) is 3. The molecule has 0 saturated carbocycles. The Bertz CT molecular complexity index is 319. The third-order valence-electron chi connectivity index (χ3n) is 1.85. The molecule has 1 aromatic rings. The van der Waals surface area contributed by atoms with Crippen molar-refractivity contribution in [2.45, 2.75) is 12.2 Å². The average molecular weight is 265 g/mol.